The van der Waals surface area contributed by atoms with Gasteiger partial charge in [-0.1, -0.05) is 63.1 Å². The van der Waals surface area contributed by atoms with Crippen LogP contribution in [0, 0.1) is 0 Å². The summed E-state index contributed by atoms with van der Waals surface area (Å²) in [5, 5.41) is 0. The van der Waals surface area contributed by atoms with Gasteiger partial charge in [0.05, 0.1) is 13.2 Å². The number of hydrogen-bond donors (Lipinski definition) is 1. The molecule has 0 saturated carbocycles. The van der Waals surface area contributed by atoms with Crippen molar-refractivity contribution in [2.75, 3.05) is 13.2 Å². The third kappa shape index (κ3) is 14.7. The zero-order valence-electron chi connectivity index (χ0n) is 24.3. The van der Waals surface area contributed by atoms with Gasteiger partial charge in [-0.3, -0.25) is 4.89 Å². The average molecular weight is 587 g/mol. The molecule has 0 saturated heterocycles. The molecule has 0 radical (unpaired) electrons. The van der Waals surface area contributed by atoms with E-state index in [1.54, 1.807) is 38.1 Å². The molecule has 0 amide bonds. The van der Waals surface area contributed by atoms with Crippen LogP contribution in [0.15, 0.2) is 72.8 Å². The highest BCUT2D eigenvalue weighted by atomic mass is 31.2. The lowest BCUT2D eigenvalue weighted by molar-refractivity contribution is -0.139. The number of hydrogen-bond acceptors (Lipinski definition) is 7. The van der Waals surface area contributed by atoms with Crippen molar-refractivity contribution >= 4 is 19.8 Å². The molecule has 1 N–H and O–H groups in total. The van der Waals surface area contributed by atoms with Gasteiger partial charge in [-0.15, -0.1) is 0 Å². The predicted octanol–water partition coefficient (Wildman–Crippen LogP) is 7.69. The topological polar surface area (TPSA) is 108 Å². The summed E-state index contributed by atoms with van der Waals surface area (Å²) in [5.41, 5.74) is 3.02. The molecule has 0 heterocycles. The van der Waals surface area contributed by atoms with Gasteiger partial charge in [0.2, 0.25) is 0 Å². The van der Waals surface area contributed by atoms with Gasteiger partial charge in [0.1, 0.15) is 11.5 Å². The van der Waals surface area contributed by atoms with Gasteiger partial charge in [-0.05, 0) is 87.8 Å². The molecule has 224 valence electrons. The molecule has 0 atom stereocenters. The molecule has 41 heavy (non-hydrogen) atoms. The summed E-state index contributed by atoms with van der Waals surface area (Å²) in [6.07, 6.45) is 9.30. The minimum absolute atomic E-state index is 0.255. The molecule has 0 aliphatic rings. The third-order valence-electron chi connectivity index (χ3n) is 6.17. The van der Waals surface area contributed by atoms with Crippen molar-refractivity contribution in [3.63, 3.8) is 0 Å². The summed E-state index contributed by atoms with van der Waals surface area (Å²) in [6.45, 7) is 11.2. The largest absolute Gasteiger partial charge is 0.584 e. The first kappa shape index (κ1) is 33.9. The Balaban J connectivity index is 1.64. The molecule has 8 nitrogen and oxygen atoms in total. The van der Waals surface area contributed by atoms with E-state index in [0.29, 0.717) is 24.4 Å². The number of carbonyl (C=O) groups excluding carboxylic acids is 2. The average Bonchev–Trinajstić information content (AvgIpc) is 2.93. The number of phosphoric ester groups is 1. The van der Waals surface area contributed by atoms with Gasteiger partial charge in [0, 0.05) is 11.1 Å². The Labute approximate surface area is 244 Å². The summed E-state index contributed by atoms with van der Waals surface area (Å²) < 4.78 is 33.2. The molecule has 0 spiro atoms. The number of ether oxygens (including phenoxy) is 2. The molecule has 0 bridgehead atoms. The highest BCUT2D eigenvalue weighted by Crippen LogP contribution is 2.44. The van der Waals surface area contributed by atoms with Crippen molar-refractivity contribution in [1.29, 1.82) is 0 Å². The van der Waals surface area contributed by atoms with Crippen LogP contribution in [-0.2, 0) is 36.5 Å². The number of phosphoric acid groups is 1. The molecule has 0 aliphatic carbocycles. The minimum atomic E-state index is -4.35. The van der Waals surface area contributed by atoms with Crippen LogP contribution in [0.3, 0.4) is 0 Å². The minimum Gasteiger partial charge on any atom is -0.462 e. The van der Waals surface area contributed by atoms with Crippen molar-refractivity contribution in [3.8, 4) is 11.5 Å². The van der Waals surface area contributed by atoms with Gasteiger partial charge in [-0.25, -0.2) is 14.2 Å². The summed E-state index contributed by atoms with van der Waals surface area (Å²) in [4.78, 5) is 32.9. The van der Waals surface area contributed by atoms with E-state index >= 15 is 0 Å². The Morgan fingerprint density at radius 3 is 1.32 bits per heavy atom. The summed E-state index contributed by atoms with van der Waals surface area (Å²) in [7, 11) is -4.35. The Morgan fingerprint density at radius 2 is 0.976 bits per heavy atom. The van der Waals surface area contributed by atoms with E-state index < -0.39 is 7.82 Å². The Hall–Kier alpha value is -3.35. The lowest BCUT2D eigenvalue weighted by Gasteiger charge is -2.14. The fraction of sp³-hybridized carbons (Fsp3) is 0.438. The fourth-order valence-electron chi connectivity index (χ4n) is 3.86. The highest BCUT2D eigenvalue weighted by molar-refractivity contribution is 7.48. The summed E-state index contributed by atoms with van der Waals surface area (Å²) >= 11 is 0. The van der Waals surface area contributed by atoms with Crippen molar-refractivity contribution in [1.82, 2.24) is 0 Å². The molecule has 2 aromatic rings. The van der Waals surface area contributed by atoms with E-state index in [2.05, 4.69) is 13.2 Å². The first-order valence-corrected chi connectivity index (χ1v) is 15.6. The van der Waals surface area contributed by atoms with Crippen molar-refractivity contribution in [2.45, 2.75) is 78.1 Å². The molecule has 2 aromatic carbocycles. The second-order valence-electron chi connectivity index (χ2n) is 10.1. The maximum Gasteiger partial charge on any atom is 0.584 e. The molecule has 0 aromatic heterocycles. The van der Waals surface area contributed by atoms with Crippen LogP contribution < -0.4 is 9.05 Å². The number of rotatable bonds is 20. The zero-order valence-corrected chi connectivity index (χ0v) is 25.2. The Bertz CT molecular complexity index is 1080. The quantitative estimate of drug-likeness (QED) is 0.0728. The number of esters is 2. The SMILES string of the molecule is C=C(C)C(=O)OCCCCCCc1ccc(OP(=O)(O)Oc2ccc(CCCCCCOC(=O)C(=C)C)cc2)cc1. The third-order valence-corrected chi connectivity index (χ3v) is 7.05. The molecule has 0 unspecified atom stereocenters. The Morgan fingerprint density at radius 1 is 0.634 bits per heavy atom. The summed E-state index contributed by atoms with van der Waals surface area (Å²) in [6, 6.07) is 14.1. The van der Waals surface area contributed by atoms with Gasteiger partial charge >= 0.3 is 19.8 Å². The number of benzene rings is 2. The second kappa shape index (κ2) is 18.2. The van der Waals surface area contributed by atoms with Crippen LogP contribution in [0.25, 0.3) is 0 Å². The fourth-order valence-corrected chi connectivity index (χ4v) is 4.68. The summed E-state index contributed by atoms with van der Waals surface area (Å²) in [5.74, 6) is -0.186. The monoisotopic (exact) mass is 586 g/mol. The normalized spacial score (nSPS) is 11.0. The van der Waals surface area contributed by atoms with Crippen LogP contribution >= 0.6 is 7.82 Å². The molecular weight excluding hydrogens is 543 g/mol. The van der Waals surface area contributed by atoms with Crippen LogP contribution in [-0.4, -0.2) is 30.0 Å². The van der Waals surface area contributed by atoms with Crippen molar-refractivity contribution in [3.05, 3.63) is 84.0 Å². The van der Waals surface area contributed by atoms with Crippen molar-refractivity contribution in [2.24, 2.45) is 0 Å². The second-order valence-corrected chi connectivity index (χ2v) is 11.4. The van der Waals surface area contributed by atoms with E-state index in [0.717, 1.165) is 75.3 Å². The predicted molar refractivity (Wildman–Crippen MR) is 160 cm³/mol. The number of carbonyl (C=O) groups is 2. The van der Waals surface area contributed by atoms with Crippen LogP contribution in [0.1, 0.15) is 76.3 Å². The highest BCUT2D eigenvalue weighted by Gasteiger charge is 2.25. The smallest absolute Gasteiger partial charge is 0.462 e. The Kier molecular flexibility index (Phi) is 15.0. The van der Waals surface area contributed by atoms with Gasteiger partial charge in [-0.2, -0.15) is 0 Å². The molecule has 9 heteroatoms. The van der Waals surface area contributed by atoms with Gasteiger partial charge in [0.15, 0.2) is 0 Å². The maximum atomic E-state index is 12.5. The van der Waals surface area contributed by atoms with Crippen LogP contribution in [0.2, 0.25) is 0 Å². The first-order chi connectivity index (χ1) is 19.6. The molecular formula is C32H43O8P. The molecule has 0 aliphatic heterocycles. The van der Waals surface area contributed by atoms with Gasteiger partial charge < -0.3 is 18.5 Å². The van der Waals surface area contributed by atoms with E-state index in [-0.39, 0.29) is 23.4 Å². The molecule has 2 rings (SSSR count). The lowest BCUT2D eigenvalue weighted by Crippen LogP contribution is -2.06. The first-order valence-electron chi connectivity index (χ1n) is 14.1. The number of aryl methyl sites for hydroxylation is 2. The van der Waals surface area contributed by atoms with E-state index in [1.165, 1.54) is 0 Å². The molecule has 0 fully saturated rings. The standard InChI is InChI=1S/C32H43O8P/c1-25(2)31(33)37-23-11-7-5-9-13-27-15-19-29(20-16-27)39-41(35,36)40-30-21-17-28(18-22-30)14-10-6-8-12-24-38-32(34)26(3)4/h15-22H,1,3,5-14,23-24H2,2,4H3,(H,35,36). The van der Waals surface area contributed by atoms with Crippen molar-refractivity contribution < 1.29 is 37.6 Å². The van der Waals surface area contributed by atoms with Crippen LogP contribution in [0.4, 0.5) is 0 Å². The zero-order chi connectivity index (χ0) is 30.1. The van der Waals surface area contributed by atoms with Gasteiger partial charge in [0.25, 0.3) is 0 Å². The van der Waals surface area contributed by atoms with E-state index in [9.17, 15) is 19.0 Å². The maximum absolute atomic E-state index is 12.5. The lowest BCUT2D eigenvalue weighted by atomic mass is 10.1. The van der Waals surface area contributed by atoms with E-state index in [1.807, 2.05) is 24.3 Å². The van der Waals surface area contributed by atoms with Crippen LogP contribution in [0.5, 0.6) is 11.5 Å². The number of unbranched alkanes of at least 4 members (excludes halogenated alkanes) is 6. The van der Waals surface area contributed by atoms with E-state index in [4.69, 9.17) is 18.5 Å².